The van der Waals surface area contributed by atoms with Crippen molar-refractivity contribution in [1.82, 2.24) is 19.5 Å². The van der Waals surface area contributed by atoms with Crippen LogP contribution in [-0.2, 0) is 0 Å². The summed E-state index contributed by atoms with van der Waals surface area (Å²) in [5, 5.41) is 4.49. The lowest BCUT2D eigenvalue weighted by atomic mass is 9.99. The Kier molecular flexibility index (Phi) is 4.79. The molecule has 0 spiro atoms. The van der Waals surface area contributed by atoms with Gasteiger partial charge in [-0.1, -0.05) is 84.9 Å². The third kappa shape index (κ3) is 3.42. The summed E-state index contributed by atoms with van der Waals surface area (Å²) < 4.78 is 2.23. The molecule has 0 amide bonds. The summed E-state index contributed by atoms with van der Waals surface area (Å²) >= 11 is 0. The summed E-state index contributed by atoms with van der Waals surface area (Å²) in [7, 11) is 0. The molecule has 8 rings (SSSR count). The molecule has 3 aromatic heterocycles. The van der Waals surface area contributed by atoms with Crippen molar-refractivity contribution in [2.75, 3.05) is 0 Å². The molecule has 5 aromatic carbocycles. The van der Waals surface area contributed by atoms with Gasteiger partial charge < -0.3 is 0 Å². The van der Waals surface area contributed by atoms with Gasteiger partial charge in [0.25, 0.3) is 0 Å². The molecule has 0 radical (unpaired) electrons. The lowest BCUT2D eigenvalue weighted by Gasteiger charge is -2.11. The fourth-order valence-electron chi connectivity index (χ4n) is 5.62. The van der Waals surface area contributed by atoms with E-state index in [2.05, 4.69) is 119 Å². The third-order valence-electron chi connectivity index (χ3n) is 7.44. The van der Waals surface area contributed by atoms with Crippen LogP contribution in [0.15, 0.2) is 134 Å². The molecule has 0 aliphatic heterocycles. The summed E-state index contributed by atoms with van der Waals surface area (Å²) in [5.41, 5.74) is 8.24. The van der Waals surface area contributed by atoms with E-state index in [4.69, 9.17) is 9.97 Å². The minimum Gasteiger partial charge on any atom is -0.292 e. The number of para-hydroxylation sites is 3. The zero-order valence-corrected chi connectivity index (χ0v) is 21.0. The van der Waals surface area contributed by atoms with Crippen LogP contribution in [0.3, 0.4) is 0 Å². The number of imidazole rings is 1. The van der Waals surface area contributed by atoms with Crippen LogP contribution in [0.4, 0.5) is 0 Å². The largest absolute Gasteiger partial charge is 0.292 e. The molecular formula is C35H22N4. The molecule has 0 fully saturated rings. The molecule has 3 heterocycles. The van der Waals surface area contributed by atoms with Crippen molar-refractivity contribution in [3.8, 4) is 28.3 Å². The smallest absolute Gasteiger partial charge is 0.145 e. The molecule has 0 bridgehead atoms. The fraction of sp³-hybridized carbons (Fsp3) is 0. The van der Waals surface area contributed by atoms with Crippen LogP contribution in [0.5, 0.6) is 0 Å². The summed E-state index contributed by atoms with van der Waals surface area (Å²) in [4.78, 5) is 14.9. The Morgan fingerprint density at radius 2 is 1.10 bits per heavy atom. The van der Waals surface area contributed by atoms with Crippen molar-refractivity contribution in [2.45, 2.75) is 0 Å². The van der Waals surface area contributed by atoms with E-state index in [0.29, 0.717) is 0 Å². The maximum absolute atomic E-state index is 5.18. The third-order valence-corrected chi connectivity index (χ3v) is 7.44. The van der Waals surface area contributed by atoms with Crippen molar-refractivity contribution in [3.05, 3.63) is 134 Å². The highest BCUT2D eigenvalue weighted by atomic mass is 15.1. The van der Waals surface area contributed by atoms with Gasteiger partial charge >= 0.3 is 0 Å². The second-order valence-corrected chi connectivity index (χ2v) is 9.71. The maximum Gasteiger partial charge on any atom is 0.145 e. The molecule has 0 unspecified atom stereocenters. The lowest BCUT2D eigenvalue weighted by molar-refractivity contribution is 1.10. The molecule has 0 aliphatic carbocycles. The van der Waals surface area contributed by atoms with Crippen LogP contribution < -0.4 is 0 Å². The van der Waals surface area contributed by atoms with Crippen molar-refractivity contribution < 1.29 is 0 Å². The molecule has 182 valence electrons. The zero-order chi connectivity index (χ0) is 25.8. The van der Waals surface area contributed by atoms with Crippen LogP contribution >= 0.6 is 0 Å². The first-order valence-electron chi connectivity index (χ1n) is 13.0. The predicted octanol–water partition coefficient (Wildman–Crippen LogP) is 8.61. The topological polar surface area (TPSA) is 43.6 Å². The van der Waals surface area contributed by atoms with Crippen LogP contribution in [0.2, 0.25) is 0 Å². The van der Waals surface area contributed by atoms with E-state index in [0.717, 1.165) is 71.9 Å². The average molecular weight is 499 g/mol. The normalized spacial score (nSPS) is 11.6. The van der Waals surface area contributed by atoms with Gasteiger partial charge in [-0.2, -0.15) is 0 Å². The van der Waals surface area contributed by atoms with Gasteiger partial charge in [-0.25, -0.2) is 9.97 Å². The number of rotatable bonds is 3. The van der Waals surface area contributed by atoms with Crippen LogP contribution in [-0.4, -0.2) is 19.5 Å². The molecule has 0 N–H and O–H groups in total. The average Bonchev–Trinajstić information content (AvgIpc) is 3.41. The summed E-state index contributed by atoms with van der Waals surface area (Å²) in [6, 6.07) is 44.1. The lowest BCUT2D eigenvalue weighted by Crippen LogP contribution is -1.97. The number of benzene rings is 5. The first kappa shape index (κ1) is 21.7. The second kappa shape index (κ2) is 8.61. The highest BCUT2D eigenvalue weighted by Gasteiger charge is 2.15. The van der Waals surface area contributed by atoms with Crippen molar-refractivity contribution >= 4 is 43.6 Å². The number of aromatic nitrogens is 4. The quantitative estimate of drug-likeness (QED) is 0.229. The van der Waals surface area contributed by atoms with Gasteiger partial charge in [0, 0.05) is 44.6 Å². The molecule has 0 saturated heterocycles. The van der Waals surface area contributed by atoms with Gasteiger partial charge in [0.15, 0.2) is 0 Å². The number of hydrogen-bond acceptors (Lipinski definition) is 3. The Labute approximate surface area is 224 Å². The highest BCUT2D eigenvalue weighted by molar-refractivity contribution is 6.23. The van der Waals surface area contributed by atoms with E-state index < -0.39 is 0 Å². The number of fused-ring (bicyclic) bond motifs is 7. The summed E-state index contributed by atoms with van der Waals surface area (Å²) in [6.07, 6.45) is 1.86. The van der Waals surface area contributed by atoms with E-state index in [1.165, 1.54) is 0 Å². The Morgan fingerprint density at radius 3 is 1.92 bits per heavy atom. The van der Waals surface area contributed by atoms with Crippen molar-refractivity contribution in [1.29, 1.82) is 0 Å². The number of nitrogens with zero attached hydrogens (tertiary/aromatic N) is 4. The fourth-order valence-corrected chi connectivity index (χ4v) is 5.62. The van der Waals surface area contributed by atoms with Gasteiger partial charge in [0.05, 0.1) is 27.8 Å². The van der Waals surface area contributed by atoms with Crippen LogP contribution in [0.25, 0.3) is 71.9 Å². The van der Waals surface area contributed by atoms with Crippen molar-refractivity contribution in [2.24, 2.45) is 0 Å². The van der Waals surface area contributed by atoms with Gasteiger partial charge in [-0.05, 0) is 42.5 Å². The standard InChI is InChI=1S/C35H22N4/c1-2-9-25(10-3-1)39-32-15-7-6-14-31(32)38-35(39)24-18-16-23(17-19-24)30-21-20-29-27-13-8-22-36-33(27)26-11-4-5-12-28(26)34(29)37-30/h1-22H. The Hall–Kier alpha value is -5.35. The first-order valence-corrected chi connectivity index (χ1v) is 13.0. The van der Waals surface area contributed by atoms with E-state index in [-0.39, 0.29) is 0 Å². The molecule has 0 aliphatic rings. The number of hydrogen-bond donors (Lipinski definition) is 0. The van der Waals surface area contributed by atoms with Gasteiger partial charge in [-0.15, -0.1) is 0 Å². The molecule has 8 aromatic rings. The summed E-state index contributed by atoms with van der Waals surface area (Å²) in [5.74, 6) is 0.922. The Bertz CT molecular complexity index is 2130. The molecule has 39 heavy (non-hydrogen) atoms. The van der Waals surface area contributed by atoms with Gasteiger partial charge in [-0.3, -0.25) is 9.55 Å². The molecule has 0 atom stereocenters. The Balaban J connectivity index is 1.27. The molecule has 4 nitrogen and oxygen atoms in total. The van der Waals surface area contributed by atoms with E-state index in [9.17, 15) is 0 Å². The first-order chi connectivity index (χ1) is 19.3. The maximum atomic E-state index is 5.18. The molecular weight excluding hydrogens is 476 g/mol. The zero-order valence-electron chi connectivity index (χ0n) is 21.0. The minimum atomic E-state index is 0.922. The van der Waals surface area contributed by atoms with Crippen LogP contribution in [0, 0.1) is 0 Å². The van der Waals surface area contributed by atoms with E-state index >= 15 is 0 Å². The number of pyridine rings is 2. The highest BCUT2D eigenvalue weighted by Crippen LogP contribution is 2.35. The monoisotopic (exact) mass is 498 g/mol. The molecule has 0 saturated carbocycles. The minimum absolute atomic E-state index is 0.922. The van der Waals surface area contributed by atoms with Crippen LogP contribution in [0.1, 0.15) is 0 Å². The summed E-state index contributed by atoms with van der Waals surface area (Å²) in [6.45, 7) is 0. The van der Waals surface area contributed by atoms with E-state index in [1.807, 2.05) is 24.4 Å². The van der Waals surface area contributed by atoms with E-state index in [1.54, 1.807) is 0 Å². The second-order valence-electron chi connectivity index (χ2n) is 9.71. The SMILES string of the molecule is c1ccc(-n2c(-c3ccc(-c4ccc5c6cccnc6c6ccccc6c5n4)cc3)nc3ccccc32)cc1. The molecule has 4 heteroatoms. The van der Waals surface area contributed by atoms with Gasteiger partial charge in [0.1, 0.15) is 5.82 Å². The van der Waals surface area contributed by atoms with Crippen molar-refractivity contribution in [3.63, 3.8) is 0 Å². The Morgan fingerprint density at radius 1 is 0.462 bits per heavy atom. The predicted molar refractivity (Wildman–Crippen MR) is 160 cm³/mol. The van der Waals surface area contributed by atoms with Gasteiger partial charge in [0.2, 0.25) is 0 Å².